The molecule has 96 valence electrons. The van der Waals surface area contributed by atoms with E-state index in [0.29, 0.717) is 5.39 Å². The van der Waals surface area contributed by atoms with Gasteiger partial charge in [0.1, 0.15) is 0 Å². The van der Waals surface area contributed by atoms with Crippen LogP contribution in [0.4, 0.5) is 8.78 Å². The summed E-state index contributed by atoms with van der Waals surface area (Å²) in [6, 6.07) is 7.33. The Morgan fingerprint density at radius 2 is 1.83 bits per heavy atom. The van der Waals surface area contributed by atoms with E-state index in [1.54, 1.807) is 6.07 Å². The quantitative estimate of drug-likeness (QED) is 0.837. The van der Waals surface area contributed by atoms with Gasteiger partial charge >= 0.3 is 0 Å². The Morgan fingerprint density at radius 3 is 2.56 bits per heavy atom. The van der Waals surface area contributed by atoms with E-state index >= 15 is 0 Å². The molecule has 3 rings (SSSR count). The zero-order chi connectivity index (χ0) is 12.5. The Balaban J connectivity index is 2.11. The van der Waals surface area contributed by atoms with Crippen LogP contribution < -0.4 is 5.32 Å². The summed E-state index contributed by atoms with van der Waals surface area (Å²) < 4.78 is 26.6. The average molecular weight is 250 g/mol. The summed E-state index contributed by atoms with van der Waals surface area (Å²) in [5, 5.41) is 3.93. The molecule has 2 aromatic rings. The molecule has 1 aliphatic rings. The Kier molecular flexibility index (Phi) is 3.04. The molecule has 0 aliphatic carbocycles. The van der Waals surface area contributed by atoms with E-state index in [0.717, 1.165) is 37.1 Å². The molecule has 0 radical (unpaired) electrons. The van der Waals surface area contributed by atoms with Crippen molar-refractivity contribution in [1.82, 2.24) is 10.3 Å². The van der Waals surface area contributed by atoms with Gasteiger partial charge in [-0.25, -0.2) is 8.78 Å². The van der Waals surface area contributed by atoms with E-state index in [-0.39, 0.29) is 11.5 Å². The number of alkyl halides is 2. The van der Waals surface area contributed by atoms with Crippen molar-refractivity contribution in [2.75, 3.05) is 13.1 Å². The van der Waals surface area contributed by atoms with Crippen LogP contribution in [0, 0.1) is 0 Å². The lowest BCUT2D eigenvalue weighted by Crippen LogP contribution is -2.27. The highest BCUT2D eigenvalue weighted by molar-refractivity contribution is 5.85. The number of rotatable bonds is 2. The van der Waals surface area contributed by atoms with Crippen molar-refractivity contribution < 1.29 is 8.78 Å². The Morgan fingerprint density at radius 1 is 1.11 bits per heavy atom. The summed E-state index contributed by atoms with van der Waals surface area (Å²) in [6.45, 7) is 1.81. The summed E-state index contributed by atoms with van der Waals surface area (Å²) in [7, 11) is 0. The molecule has 1 aromatic heterocycles. The number of aromatic nitrogens is 1. The Hall–Kier alpha value is -1.42. The molecule has 1 aromatic carbocycles. The molecule has 2 N–H and O–H groups in total. The van der Waals surface area contributed by atoms with E-state index < -0.39 is 6.43 Å². The maximum absolute atomic E-state index is 13.3. The maximum Gasteiger partial charge on any atom is 0.266 e. The molecule has 0 bridgehead atoms. The predicted octanol–water partition coefficient (Wildman–Crippen LogP) is 3.57. The number of aromatic amines is 1. The van der Waals surface area contributed by atoms with Gasteiger partial charge in [0.25, 0.3) is 6.43 Å². The second-order valence-corrected chi connectivity index (χ2v) is 4.82. The fraction of sp³-hybridized carbons (Fsp3) is 0.429. The molecular formula is C14H16F2N2. The molecule has 0 saturated carbocycles. The molecule has 2 heterocycles. The van der Waals surface area contributed by atoms with Gasteiger partial charge in [0.05, 0.1) is 0 Å². The molecule has 0 unspecified atom stereocenters. The molecule has 0 amide bonds. The number of hydrogen-bond donors (Lipinski definition) is 2. The lowest BCUT2D eigenvalue weighted by molar-refractivity contribution is 0.151. The van der Waals surface area contributed by atoms with Crippen LogP contribution in [0.5, 0.6) is 0 Å². The number of piperidine rings is 1. The average Bonchev–Trinajstić information content (AvgIpc) is 2.79. The van der Waals surface area contributed by atoms with Crippen LogP contribution in [-0.4, -0.2) is 18.1 Å². The molecule has 0 atom stereocenters. The van der Waals surface area contributed by atoms with Crippen LogP contribution >= 0.6 is 0 Å². The van der Waals surface area contributed by atoms with Crippen molar-refractivity contribution in [2.45, 2.75) is 25.2 Å². The standard InChI is InChI=1S/C14H16F2N2/c15-14(16)12-10-3-1-2-4-11(10)18-13(12)9-5-7-17-8-6-9/h1-4,9,14,17-18H,5-8H2. The highest BCUT2D eigenvalue weighted by Crippen LogP contribution is 2.37. The van der Waals surface area contributed by atoms with Crippen molar-refractivity contribution >= 4 is 10.9 Å². The van der Waals surface area contributed by atoms with E-state index in [1.807, 2.05) is 18.2 Å². The lowest BCUT2D eigenvalue weighted by Gasteiger charge is -2.23. The van der Waals surface area contributed by atoms with Gasteiger partial charge in [-0.1, -0.05) is 18.2 Å². The number of benzene rings is 1. The van der Waals surface area contributed by atoms with Gasteiger partial charge in [-0.15, -0.1) is 0 Å². The van der Waals surface area contributed by atoms with Crippen molar-refractivity contribution in [1.29, 1.82) is 0 Å². The van der Waals surface area contributed by atoms with Crippen LogP contribution in [0.1, 0.15) is 36.4 Å². The van der Waals surface area contributed by atoms with Gasteiger partial charge in [0.2, 0.25) is 0 Å². The van der Waals surface area contributed by atoms with Crippen LogP contribution in [0.25, 0.3) is 10.9 Å². The molecule has 1 aliphatic heterocycles. The largest absolute Gasteiger partial charge is 0.358 e. The minimum Gasteiger partial charge on any atom is -0.358 e. The number of hydrogen-bond acceptors (Lipinski definition) is 1. The van der Waals surface area contributed by atoms with E-state index in [9.17, 15) is 8.78 Å². The third kappa shape index (κ3) is 1.90. The third-order valence-corrected chi connectivity index (χ3v) is 3.74. The first-order valence-electron chi connectivity index (χ1n) is 6.36. The molecular weight excluding hydrogens is 234 g/mol. The highest BCUT2D eigenvalue weighted by atomic mass is 19.3. The second-order valence-electron chi connectivity index (χ2n) is 4.82. The number of nitrogens with one attached hydrogen (secondary N) is 2. The summed E-state index contributed by atoms with van der Waals surface area (Å²) >= 11 is 0. The Bertz CT molecular complexity index is 542. The molecule has 4 heteroatoms. The monoisotopic (exact) mass is 250 g/mol. The first-order chi connectivity index (χ1) is 8.77. The van der Waals surface area contributed by atoms with Gasteiger partial charge in [0.15, 0.2) is 0 Å². The minimum absolute atomic E-state index is 0.206. The summed E-state index contributed by atoms with van der Waals surface area (Å²) in [4.78, 5) is 3.21. The van der Waals surface area contributed by atoms with Gasteiger partial charge in [-0.3, -0.25) is 0 Å². The molecule has 0 spiro atoms. The van der Waals surface area contributed by atoms with Crippen LogP contribution in [-0.2, 0) is 0 Å². The summed E-state index contributed by atoms with van der Waals surface area (Å²) in [5.74, 6) is 0.225. The van der Waals surface area contributed by atoms with Crippen molar-refractivity contribution in [2.24, 2.45) is 0 Å². The number of fused-ring (bicyclic) bond motifs is 1. The van der Waals surface area contributed by atoms with E-state index in [4.69, 9.17) is 0 Å². The molecule has 18 heavy (non-hydrogen) atoms. The first kappa shape index (κ1) is 11.7. The molecule has 1 fully saturated rings. The van der Waals surface area contributed by atoms with Gasteiger partial charge in [-0.2, -0.15) is 0 Å². The number of para-hydroxylation sites is 1. The zero-order valence-electron chi connectivity index (χ0n) is 10.0. The normalized spacial score (nSPS) is 17.7. The number of H-pyrrole nitrogens is 1. The van der Waals surface area contributed by atoms with Crippen molar-refractivity contribution in [3.63, 3.8) is 0 Å². The van der Waals surface area contributed by atoms with Crippen LogP contribution in [0.2, 0.25) is 0 Å². The zero-order valence-corrected chi connectivity index (χ0v) is 10.0. The van der Waals surface area contributed by atoms with Gasteiger partial charge in [0, 0.05) is 28.1 Å². The smallest absolute Gasteiger partial charge is 0.266 e. The Labute approximate surface area is 104 Å². The van der Waals surface area contributed by atoms with Crippen LogP contribution in [0.15, 0.2) is 24.3 Å². The lowest BCUT2D eigenvalue weighted by atomic mass is 9.92. The SMILES string of the molecule is FC(F)c1c(C2CCNCC2)[nH]c2ccccc12. The topological polar surface area (TPSA) is 27.8 Å². The molecule has 1 saturated heterocycles. The third-order valence-electron chi connectivity index (χ3n) is 3.74. The summed E-state index contributed by atoms with van der Waals surface area (Å²) in [5.41, 5.74) is 1.77. The van der Waals surface area contributed by atoms with Crippen molar-refractivity contribution in [3.05, 3.63) is 35.5 Å². The van der Waals surface area contributed by atoms with Gasteiger partial charge < -0.3 is 10.3 Å². The first-order valence-corrected chi connectivity index (χ1v) is 6.36. The predicted molar refractivity (Wildman–Crippen MR) is 68.1 cm³/mol. The van der Waals surface area contributed by atoms with Crippen LogP contribution in [0.3, 0.4) is 0 Å². The van der Waals surface area contributed by atoms with Crippen molar-refractivity contribution in [3.8, 4) is 0 Å². The number of halogens is 2. The highest BCUT2D eigenvalue weighted by Gasteiger charge is 2.26. The van der Waals surface area contributed by atoms with E-state index in [1.165, 1.54) is 0 Å². The van der Waals surface area contributed by atoms with E-state index in [2.05, 4.69) is 10.3 Å². The fourth-order valence-electron chi connectivity index (χ4n) is 2.85. The minimum atomic E-state index is -2.41. The molecule has 2 nitrogen and oxygen atoms in total. The maximum atomic E-state index is 13.3. The van der Waals surface area contributed by atoms with Gasteiger partial charge in [-0.05, 0) is 32.0 Å². The fourth-order valence-corrected chi connectivity index (χ4v) is 2.85. The summed E-state index contributed by atoms with van der Waals surface area (Å²) in [6.07, 6.45) is -0.565. The second kappa shape index (κ2) is 4.69.